The van der Waals surface area contributed by atoms with E-state index in [1.165, 1.54) is 0 Å². The number of sulfone groups is 1. The molecule has 0 aliphatic carbocycles. The highest BCUT2D eigenvalue weighted by molar-refractivity contribution is 7.90. The predicted octanol–water partition coefficient (Wildman–Crippen LogP) is 2.96. The summed E-state index contributed by atoms with van der Waals surface area (Å²) in [6, 6.07) is 14.8. The Balaban J connectivity index is 2.09. The molecule has 2 aromatic rings. The molecule has 5 nitrogen and oxygen atoms in total. The monoisotopic (exact) mass is 375 g/mol. The molecule has 0 heterocycles. The molecule has 2 aromatic carbocycles. The second-order valence-electron chi connectivity index (χ2n) is 6.39. The van der Waals surface area contributed by atoms with Gasteiger partial charge >= 0.3 is 0 Å². The molecule has 1 amide bonds. The number of nitrogens with one attached hydrogen (secondary N) is 1. The molecule has 1 unspecified atom stereocenters. The van der Waals surface area contributed by atoms with Gasteiger partial charge in [0, 0.05) is 18.4 Å². The molecule has 0 fully saturated rings. The van der Waals surface area contributed by atoms with Crippen molar-refractivity contribution < 1.29 is 18.3 Å². The summed E-state index contributed by atoms with van der Waals surface area (Å²) >= 11 is 0. The van der Waals surface area contributed by atoms with E-state index in [-0.39, 0.29) is 18.2 Å². The molecule has 2 N–H and O–H groups in total. The van der Waals surface area contributed by atoms with E-state index in [1.54, 1.807) is 18.2 Å². The molecule has 0 aromatic heterocycles. The van der Waals surface area contributed by atoms with Gasteiger partial charge in [-0.05, 0) is 35.2 Å². The van der Waals surface area contributed by atoms with Crippen LogP contribution in [0.15, 0.2) is 48.5 Å². The molecule has 0 aliphatic rings. The van der Waals surface area contributed by atoms with Crippen molar-refractivity contribution in [3.63, 3.8) is 0 Å². The summed E-state index contributed by atoms with van der Waals surface area (Å²) in [6.45, 7) is 2.12. The largest absolute Gasteiger partial charge is 0.388 e. The normalized spacial score (nSPS) is 12.6. The summed E-state index contributed by atoms with van der Waals surface area (Å²) < 4.78 is 22.3. The molecule has 1 atom stereocenters. The minimum Gasteiger partial charge on any atom is -0.388 e. The number of rotatable bonds is 8. The second-order valence-corrected chi connectivity index (χ2v) is 8.65. The number of aliphatic hydroxyl groups excluding tert-OH is 1. The maximum atomic E-state index is 12.2. The number of hydrogen-bond donors (Lipinski definition) is 2. The first-order valence-corrected chi connectivity index (χ1v) is 10.7. The van der Waals surface area contributed by atoms with Crippen molar-refractivity contribution in [2.24, 2.45) is 0 Å². The fourth-order valence-electron chi connectivity index (χ4n) is 2.63. The zero-order valence-electron chi connectivity index (χ0n) is 15.1. The smallest absolute Gasteiger partial charge is 0.251 e. The lowest BCUT2D eigenvalue weighted by Gasteiger charge is -2.11. The summed E-state index contributed by atoms with van der Waals surface area (Å²) in [5.41, 5.74) is 3.19. The highest BCUT2D eigenvalue weighted by Gasteiger charge is 2.10. The number of aliphatic hydroxyl groups is 1. The van der Waals surface area contributed by atoms with Crippen LogP contribution in [0.25, 0.3) is 11.1 Å². The number of hydrogen-bond acceptors (Lipinski definition) is 4. The molecule has 0 saturated carbocycles. The van der Waals surface area contributed by atoms with Gasteiger partial charge in [-0.3, -0.25) is 4.79 Å². The molecule has 0 aliphatic heterocycles. The molecule has 0 spiro atoms. The number of carbonyl (C=O) groups is 1. The van der Waals surface area contributed by atoms with Crippen LogP contribution >= 0.6 is 0 Å². The van der Waals surface area contributed by atoms with Gasteiger partial charge in [0.15, 0.2) is 0 Å². The zero-order valence-corrected chi connectivity index (χ0v) is 15.9. The van der Waals surface area contributed by atoms with Crippen molar-refractivity contribution in [2.45, 2.75) is 25.9 Å². The summed E-state index contributed by atoms with van der Waals surface area (Å²) in [5.74, 6) is -0.384. The quantitative estimate of drug-likeness (QED) is 0.743. The molecular weight excluding hydrogens is 350 g/mol. The Kier molecular flexibility index (Phi) is 6.94. The van der Waals surface area contributed by atoms with Crippen molar-refractivity contribution in [3.05, 3.63) is 59.7 Å². The van der Waals surface area contributed by atoms with Crippen LogP contribution in [0.4, 0.5) is 0 Å². The molecule has 26 heavy (non-hydrogen) atoms. The number of amides is 1. The highest BCUT2D eigenvalue weighted by Crippen LogP contribution is 2.24. The average molecular weight is 375 g/mol. The highest BCUT2D eigenvalue weighted by atomic mass is 32.2. The van der Waals surface area contributed by atoms with Crippen LogP contribution in [-0.2, 0) is 9.84 Å². The maximum Gasteiger partial charge on any atom is 0.251 e. The number of carbonyl (C=O) groups excluding carboxylic acids is 1. The number of benzene rings is 2. The second kappa shape index (κ2) is 8.96. The average Bonchev–Trinajstić information content (AvgIpc) is 2.61. The SMILES string of the molecule is CCCC(O)c1ccc(-c2cccc(C(=O)NCCS(C)(=O)=O)c2)cc1. The van der Waals surface area contributed by atoms with Gasteiger partial charge < -0.3 is 10.4 Å². The Bertz CT molecular complexity index is 844. The van der Waals surface area contributed by atoms with Crippen LogP contribution in [0.3, 0.4) is 0 Å². The standard InChI is InChI=1S/C20H25NO4S/c1-3-5-19(22)16-10-8-15(9-11-16)17-6-4-7-18(14-17)20(23)21-12-13-26(2,24)25/h4,6-11,14,19,22H,3,5,12-13H2,1-2H3,(H,21,23). The summed E-state index contributed by atoms with van der Waals surface area (Å²) in [6.07, 6.45) is 2.32. The van der Waals surface area contributed by atoms with Gasteiger partial charge in [0.05, 0.1) is 11.9 Å². The minimum atomic E-state index is -3.10. The van der Waals surface area contributed by atoms with Crippen LogP contribution in [-0.4, -0.2) is 38.0 Å². The van der Waals surface area contributed by atoms with Gasteiger partial charge in [0.1, 0.15) is 9.84 Å². The Morgan fingerprint density at radius 2 is 1.81 bits per heavy atom. The third-order valence-corrected chi connectivity index (χ3v) is 5.02. The van der Waals surface area contributed by atoms with E-state index in [1.807, 2.05) is 37.3 Å². The molecular formula is C20H25NO4S. The van der Waals surface area contributed by atoms with Gasteiger partial charge in [-0.1, -0.05) is 49.7 Å². The predicted molar refractivity (Wildman–Crippen MR) is 104 cm³/mol. The van der Waals surface area contributed by atoms with E-state index < -0.39 is 15.9 Å². The minimum absolute atomic E-state index is 0.0834. The first-order valence-electron chi connectivity index (χ1n) is 8.64. The van der Waals surface area contributed by atoms with E-state index in [2.05, 4.69) is 5.32 Å². The molecule has 6 heteroatoms. The van der Waals surface area contributed by atoms with Gasteiger partial charge in [0.25, 0.3) is 5.91 Å². The Morgan fingerprint density at radius 1 is 1.12 bits per heavy atom. The van der Waals surface area contributed by atoms with Gasteiger partial charge in [-0.2, -0.15) is 0 Å². The molecule has 140 valence electrons. The van der Waals surface area contributed by atoms with Gasteiger partial charge in [-0.25, -0.2) is 8.42 Å². The summed E-state index contributed by atoms with van der Waals surface area (Å²) in [5, 5.41) is 12.7. The van der Waals surface area contributed by atoms with Crippen molar-refractivity contribution in [1.82, 2.24) is 5.32 Å². The van der Waals surface area contributed by atoms with Crippen molar-refractivity contribution in [3.8, 4) is 11.1 Å². The van der Waals surface area contributed by atoms with Crippen molar-refractivity contribution in [1.29, 1.82) is 0 Å². The van der Waals surface area contributed by atoms with Crippen LogP contribution in [0.2, 0.25) is 0 Å². The molecule has 0 bridgehead atoms. The van der Waals surface area contributed by atoms with E-state index in [0.29, 0.717) is 5.56 Å². The van der Waals surface area contributed by atoms with E-state index >= 15 is 0 Å². The molecule has 0 radical (unpaired) electrons. The topological polar surface area (TPSA) is 83.5 Å². The molecule has 2 rings (SSSR count). The molecule has 0 saturated heterocycles. The Morgan fingerprint density at radius 3 is 2.42 bits per heavy atom. The van der Waals surface area contributed by atoms with Crippen LogP contribution in [0.5, 0.6) is 0 Å². The lowest BCUT2D eigenvalue weighted by molar-refractivity contribution is 0.0956. The van der Waals surface area contributed by atoms with Crippen LogP contribution in [0, 0.1) is 0 Å². The van der Waals surface area contributed by atoms with Gasteiger partial charge in [0.2, 0.25) is 0 Å². The summed E-state index contributed by atoms with van der Waals surface area (Å²) in [7, 11) is -3.10. The first kappa shape index (κ1) is 20.1. The van der Waals surface area contributed by atoms with Gasteiger partial charge in [-0.15, -0.1) is 0 Å². The third-order valence-electron chi connectivity index (χ3n) is 4.07. The zero-order chi connectivity index (χ0) is 19.2. The van der Waals surface area contributed by atoms with E-state index in [0.717, 1.165) is 35.8 Å². The van der Waals surface area contributed by atoms with Crippen molar-refractivity contribution in [2.75, 3.05) is 18.6 Å². The lowest BCUT2D eigenvalue weighted by atomic mass is 9.99. The van der Waals surface area contributed by atoms with Crippen molar-refractivity contribution >= 4 is 15.7 Å². The third kappa shape index (κ3) is 5.97. The van der Waals surface area contributed by atoms with Crippen LogP contribution < -0.4 is 5.32 Å². The van der Waals surface area contributed by atoms with E-state index in [9.17, 15) is 18.3 Å². The fourth-order valence-corrected chi connectivity index (χ4v) is 3.10. The maximum absolute atomic E-state index is 12.2. The first-order chi connectivity index (χ1) is 12.3. The van der Waals surface area contributed by atoms with E-state index in [4.69, 9.17) is 0 Å². The summed E-state index contributed by atoms with van der Waals surface area (Å²) in [4.78, 5) is 12.2. The Labute approximate surface area is 155 Å². The Hall–Kier alpha value is -2.18. The lowest BCUT2D eigenvalue weighted by Crippen LogP contribution is -2.28. The van der Waals surface area contributed by atoms with Crippen LogP contribution in [0.1, 0.15) is 41.8 Å². The fraction of sp³-hybridized carbons (Fsp3) is 0.350.